The summed E-state index contributed by atoms with van der Waals surface area (Å²) < 4.78 is 0.466. The largest absolute Gasteiger partial charge is 0.293 e. The molecule has 1 saturated heterocycles. The van der Waals surface area contributed by atoms with Crippen molar-refractivity contribution in [3.8, 4) is 0 Å². The van der Waals surface area contributed by atoms with Crippen LogP contribution in [0.15, 0.2) is 10.8 Å². The van der Waals surface area contributed by atoms with Crippen molar-refractivity contribution in [3.05, 3.63) is 16.0 Å². The fourth-order valence-electron chi connectivity index (χ4n) is 1.71. The van der Waals surface area contributed by atoms with Crippen molar-refractivity contribution in [2.75, 3.05) is 11.4 Å². The van der Waals surface area contributed by atoms with Gasteiger partial charge in [-0.25, -0.2) is 9.97 Å². The molecule has 18 heavy (non-hydrogen) atoms. The van der Waals surface area contributed by atoms with E-state index in [4.69, 9.17) is 11.6 Å². The number of aromatic nitrogens is 2. The molecular formula is C10H9BrClN3O2S. The monoisotopic (exact) mass is 349 g/mol. The van der Waals surface area contributed by atoms with Crippen LogP contribution in [-0.2, 0) is 9.59 Å². The Balaban J connectivity index is 2.21. The SMILES string of the molecule is CC(=O)SC1CC(=O)N(c2nc(Cl)cnc2Br)C1. The molecule has 96 valence electrons. The highest BCUT2D eigenvalue weighted by Gasteiger charge is 2.34. The topological polar surface area (TPSA) is 63.2 Å². The van der Waals surface area contributed by atoms with E-state index in [0.29, 0.717) is 23.4 Å². The summed E-state index contributed by atoms with van der Waals surface area (Å²) in [6.07, 6.45) is 1.72. The summed E-state index contributed by atoms with van der Waals surface area (Å²) >= 11 is 10.2. The van der Waals surface area contributed by atoms with Crippen LogP contribution in [0.1, 0.15) is 13.3 Å². The Morgan fingerprint density at radius 3 is 3.06 bits per heavy atom. The van der Waals surface area contributed by atoms with Gasteiger partial charge in [0.05, 0.1) is 6.20 Å². The van der Waals surface area contributed by atoms with Gasteiger partial charge in [0, 0.05) is 25.1 Å². The highest BCUT2D eigenvalue weighted by molar-refractivity contribution is 9.10. The van der Waals surface area contributed by atoms with E-state index < -0.39 is 0 Å². The summed E-state index contributed by atoms with van der Waals surface area (Å²) in [5.41, 5.74) is 0. The van der Waals surface area contributed by atoms with Gasteiger partial charge in [0.2, 0.25) is 5.91 Å². The minimum atomic E-state index is -0.0778. The Morgan fingerprint density at radius 2 is 2.39 bits per heavy atom. The number of thioether (sulfide) groups is 1. The molecule has 0 bridgehead atoms. The zero-order valence-corrected chi connectivity index (χ0v) is 12.5. The van der Waals surface area contributed by atoms with Crippen LogP contribution in [0.2, 0.25) is 5.15 Å². The van der Waals surface area contributed by atoms with Gasteiger partial charge in [-0.1, -0.05) is 23.4 Å². The summed E-state index contributed by atoms with van der Waals surface area (Å²) in [5.74, 6) is 0.324. The molecule has 1 aliphatic heterocycles. The first-order chi connectivity index (χ1) is 8.47. The zero-order chi connectivity index (χ0) is 13.3. The second-order valence-corrected chi connectivity index (χ2v) is 6.36. The van der Waals surface area contributed by atoms with Crippen molar-refractivity contribution in [2.24, 2.45) is 0 Å². The average Bonchev–Trinajstić information content (AvgIpc) is 2.62. The van der Waals surface area contributed by atoms with Gasteiger partial charge >= 0.3 is 0 Å². The lowest BCUT2D eigenvalue weighted by atomic mass is 10.4. The number of carbonyl (C=O) groups excluding carboxylic acids is 2. The standard InChI is InChI=1S/C10H9BrClN3O2S/c1-5(16)18-6-2-8(17)15(4-6)10-9(11)13-3-7(12)14-10/h3,6H,2,4H2,1H3. The van der Waals surface area contributed by atoms with Crippen molar-refractivity contribution in [1.82, 2.24) is 9.97 Å². The van der Waals surface area contributed by atoms with Gasteiger partial charge in [-0.15, -0.1) is 0 Å². The lowest BCUT2D eigenvalue weighted by Crippen LogP contribution is -2.26. The molecule has 0 spiro atoms. The summed E-state index contributed by atoms with van der Waals surface area (Å²) in [7, 11) is 0. The van der Waals surface area contributed by atoms with Crippen molar-refractivity contribution in [3.63, 3.8) is 0 Å². The third-order valence-electron chi connectivity index (χ3n) is 2.36. The molecule has 1 unspecified atom stereocenters. The van der Waals surface area contributed by atoms with Crippen LogP contribution in [0.4, 0.5) is 5.82 Å². The molecule has 0 saturated carbocycles. The zero-order valence-electron chi connectivity index (χ0n) is 9.39. The van der Waals surface area contributed by atoms with E-state index in [1.54, 1.807) is 0 Å². The van der Waals surface area contributed by atoms with Crippen molar-refractivity contribution < 1.29 is 9.59 Å². The molecule has 1 amide bonds. The first kappa shape index (κ1) is 13.8. The first-order valence-electron chi connectivity index (χ1n) is 5.13. The molecule has 1 atom stereocenters. The van der Waals surface area contributed by atoms with E-state index in [9.17, 15) is 9.59 Å². The molecule has 8 heteroatoms. The molecule has 0 aromatic carbocycles. The number of carbonyl (C=O) groups is 2. The number of nitrogens with zero attached hydrogens (tertiary/aromatic N) is 3. The van der Waals surface area contributed by atoms with Gasteiger partial charge in [0.1, 0.15) is 9.76 Å². The van der Waals surface area contributed by atoms with E-state index >= 15 is 0 Å². The Hall–Kier alpha value is -0.660. The highest BCUT2D eigenvalue weighted by Crippen LogP contribution is 2.31. The smallest absolute Gasteiger partial charge is 0.229 e. The van der Waals surface area contributed by atoms with Gasteiger partial charge < -0.3 is 0 Å². The van der Waals surface area contributed by atoms with Crippen molar-refractivity contribution in [1.29, 1.82) is 0 Å². The predicted octanol–water partition coefficient (Wildman–Crippen LogP) is 2.28. The molecule has 1 aromatic heterocycles. The summed E-state index contributed by atoms with van der Waals surface area (Å²) in [6.45, 7) is 1.93. The molecule has 5 nitrogen and oxygen atoms in total. The van der Waals surface area contributed by atoms with Gasteiger partial charge in [-0.3, -0.25) is 14.5 Å². The molecular weight excluding hydrogens is 342 g/mol. The van der Waals surface area contributed by atoms with E-state index in [1.807, 2.05) is 0 Å². The van der Waals surface area contributed by atoms with Gasteiger partial charge in [0.15, 0.2) is 10.9 Å². The Kier molecular flexibility index (Phi) is 4.24. The third-order valence-corrected chi connectivity index (χ3v) is 4.08. The Labute approximate surface area is 121 Å². The quantitative estimate of drug-likeness (QED) is 0.819. The van der Waals surface area contributed by atoms with Crippen LogP contribution >= 0.6 is 39.3 Å². The van der Waals surface area contributed by atoms with E-state index in [-0.39, 0.29) is 21.4 Å². The molecule has 0 N–H and O–H groups in total. The summed E-state index contributed by atoms with van der Waals surface area (Å²) in [6, 6.07) is 0. The molecule has 1 aromatic rings. The van der Waals surface area contributed by atoms with Gasteiger partial charge in [-0.05, 0) is 15.9 Å². The second kappa shape index (κ2) is 5.54. The van der Waals surface area contributed by atoms with Crippen LogP contribution in [0.3, 0.4) is 0 Å². The lowest BCUT2D eigenvalue weighted by Gasteiger charge is -2.16. The number of hydrogen-bond acceptors (Lipinski definition) is 5. The number of anilines is 1. The fraction of sp³-hybridized carbons (Fsp3) is 0.400. The van der Waals surface area contributed by atoms with Gasteiger partial charge in [0.25, 0.3) is 0 Å². The average molecular weight is 351 g/mol. The molecule has 0 aliphatic carbocycles. The third kappa shape index (κ3) is 3.02. The summed E-state index contributed by atoms with van der Waals surface area (Å²) in [5, 5.41) is 0.192. The minimum Gasteiger partial charge on any atom is -0.293 e. The Bertz CT molecular complexity index is 514. The lowest BCUT2D eigenvalue weighted by molar-refractivity contribution is -0.117. The van der Waals surface area contributed by atoms with Crippen LogP contribution in [0.25, 0.3) is 0 Å². The maximum absolute atomic E-state index is 11.9. The maximum atomic E-state index is 11.9. The number of amides is 1. The predicted molar refractivity (Wildman–Crippen MR) is 73.8 cm³/mol. The van der Waals surface area contributed by atoms with Crippen LogP contribution < -0.4 is 4.90 Å². The molecule has 2 rings (SSSR count). The molecule has 2 heterocycles. The molecule has 0 radical (unpaired) electrons. The maximum Gasteiger partial charge on any atom is 0.229 e. The van der Waals surface area contributed by atoms with Crippen molar-refractivity contribution >= 4 is 56.1 Å². The fourth-order valence-corrected chi connectivity index (χ4v) is 3.16. The molecule has 1 aliphatic rings. The number of halogens is 2. The molecule has 1 fully saturated rings. The van der Waals surface area contributed by atoms with Crippen LogP contribution in [0, 0.1) is 0 Å². The number of rotatable bonds is 2. The Morgan fingerprint density at radius 1 is 1.67 bits per heavy atom. The van der Waals surface area contributed by atoms with E-state index in [0.717, 1.165) is 0 Å². The van der Waals surface area contributed by atoms with Crippen LogP contribution in [0.5, 0.6) is 0 Å². The van der Waals surface area contributed by atoms with Crippen LogP contribution in [-0.4, -0.2) is 32.8 Å². The van der Waals surface area contributed by atoms with E-state index in [2.05, 4.69) is 25.9 Å². The highest BCUT2D eigenvalue weighted by atomic mass is 79.9. The second-order valence-electron chi connectivity index (χ2n) is 3.75. The van der Waals surface area contributed by atoms with Crippen molar-refractivity contribution in [2.45, 2.75) is 18.6 Å². The first-order valence-corrected chi connectivity index (χ1v) is 7.18. The van der Waals surface area contributed by atoms with Gasteiger partial charge in [-0.2, -0.15) is 0 Å². The summed E-state index contributed by atoms with van der Waals surface area (Å²) in [4.78, 5) is 32.5. The van der Waals surface area contributed by atoms with E-state index in [1.165, 1.54) is 29.8 Å². The minimum absolute atomic E-state index is 0.00546. The normalized spacial score (nSPS) is 19.4. The number of hydrogen-bond donors (Lipinski definition) is 0.